The van der Waals surface area contributed by atoms with Gasteiger partial charge in [-0.05, 0) is 5.92 Å². The molecule has 0 amide bonds. The molecule has 0 radical (unpaired) electrons. The van der Waals surface area contributed by atoms with Crippen molar-refractivity contribution in [2.45, 2.75) is 96.8 Å². The minimum absolute atomic E-state index is 1.08. The van der Waals surface area contributed by atoms with Crippen LogP contribution in [0.25, 0.3) is 0 Å². The summed E-state index contributed by atoms with van der Waals surface area (Å²) in [5.74, 6) is 1.08. The zero-order chi connectivity index (χ0) is 11.5. The lowest BCUT2D eigenvalue weighted by Crippen LogP contribution is -2.00. The average molecular weight is 224 g/mol. The second-order valence-corrected chi connectivity index (χ2v) is 5.77. The van der Waals surface area contributed by atoms with Crippen molar-refractivity contribution < 1.29 is 0 Å². The Bertz CT molecular complexity index is 129. The molecule has 1 rings (SSSR count). The van der Waals surface area contributed by atoms with Gasteiger partial charge >= 0.3 is 0 Å². The van der Waals surface area contributed by atoms with E-state index >= 15 is 0 Å². The van der Waals surface area contributed by atoms with Crippen LogP contribution in [0.4, 0.5) is 0 Å². The third-order valence-corrected chi connectivity index (χ3v) is 4.19. The Balaban J connectivity index is 2.03. The summed E-state index contributed by atoms with van der Waals surface area (Å²) < 4.78 is 0. The predicted molar refractivity (Wildman–Crippen MR) is 73.8 cm³/mol. The Hall–Kier alpha value is 0. The highest BCUT2D eigenvalue weighted by Gasteiger charge is 2.09. The first-order valence-electron chi connectivity index (χ1n) is 7.93. The SMILES string of the molecule is CCCCCCCC1CCCCCCCC1. The lowest BCUT2D eigenvalue weighted by Gasteiger charge is -2.15. The minimum atomic E-state index is 1.08. The summed E-state index contributed by atoms with van der Waals surface area (Å²) in [6.45, 7) is 2.30. The highest BCUT2D eigenvalue weighted by Crippen LogP contribution is 2.26. The van der Waals surface area contributed by atoms with Gasteiger partial charge in [-0.2, -0.15) is 0 Å². The first kappa shape index (κ1) is 14.1. The lowest BCUT2D eigenvalue weighted by molar-refractivity contribution is 0.382. The van der Waals surface area contributed by atoms with E-state index < -0.39 is 0 Å². The molecule has 0 heterocycles. The summed E-state index contributed by atoms with van der Waals surface area (Å²) in [7, 11) is 0. The smallest absolute Gasteiger partial charge is 0.0414 e. The summed E-state index contributed by atoms with van der Waals surface area (Å²) in [5.41, 5.74) is 0. The standard InChI is InChI=1S/C16H32/c1-2-3-4-7-10-13-16-14-11-8-5-6-9-12-15-16/h16H,2-15H2,1H3. The molecule has 0 aromatic heterocycles. The van der Waals surface area contributed by atoms with E-state index in [1.807, 2.05) is 0 Å². The maximum Gasteiger partial charge on any atom is -0.0414 e. The summed E-state index contributed by atoms with van der Waals surface area (Å²) in [6.07, 6.45) is 20.9. The van der Waals surface area contributed by atoms with Gasteiger partial charge in [0.1, 0.15) is 0 Å². The van der Waals surface area contributed by atoms with Crippen molar-refractivity contribution in [3.63, 3.8) is 0 Å². The van der Waals surface area contributed by atoms with E-state index in [9.17, 15) is 0 Å². The van der Waals surface area contributed by atoms with Gasteiger partial charge in [-0.3, -0.25) is 0 Å². The van der Waals surface area contributed by atoms with Crippen molar-refractivity contribution in [1.29, 1.82) is 0 Å². The minimum Gasteiger partial charge on any atom is -0.0654 e. The highest BCUT2D eigenvalue weighted by atomic mass is 14.2. The molecule has 0 nitrogen and oxygen atoms in total. The molecule has 96 valence electrons. The molecule has 0 heteroatoms. The molecule has 0 aromatic rings. The van der Waals surface area contributed by atoms with E-state index in [1.54, 1.807) is 0 Å². The summed E-state index contributed by atoms with van der Waals surface area (Å²) >= 11 is 0. The predicted octanol–water partition coefficient (Wildman–Crippen LogP) is 6.10. The Labute approximate surface area is 103 Å². The largest absolute Gasteiger partial charge is 0.0654 e. The number of hydrogen-bond donors (Lipinski definition) is 0. The van der Waals surface area contributed by atoms with Crippen molar-refractivity contribution in [2.24, 2.45) is 5.92 Å². The highest BCUT2D eigenvalue weighted by molar-refractivity contribution is 4.63. The van der Waals surface area contributed by atoms with Gasteiger partial charge in [0.2, 0.25) is 0 Å². The topological polar surface area (TPSA) is 0 Å². The van der Waals surface area contributed by atoms with E-state index in [0.29, 0.717) is 0 Å². The molecule has 1 saturated carbocycles. The molecule has 1 aliphatic rings. The summed E-state index contributed by atoms with van der Waals surface area (Å²) in [5, 5.41) is 0. The molecule has 0 aromatic carbocycles. The quantitative estimate of drug-likeness (QED) is 0.478. The van der Waals surface area contributed by atoms with Crippen LogP contribution < -0.4 is 0 Å². The van der Waals surface area contributed by atoms with Gasteiger partial charge in [0.25, 0.3) is 0 Å². The first-order chi connectivity index (χ1) is 7.93. The van der Waals surface area contributed by atoms with E-state index in [4.69, 9.17) is 0 Å². The summed E-state index contributed by atoms with van der Waals surface area (Å²) in [4.78, 5) is 0. The van der Waals surface area contributed by atoms with Gasteiger partial charge < -0.3 is 0 Å². The maximum absolute atomic E-state index is 2.30. The molecular weight excluding hydrogens is 192 g/mol. The van der Waals surface area contributed by atoms with Gasteiger partial charge in [-0.25, -0.2) is 0 Å². The molecule has 0 spiro atoms. The second-order valence-electron chi connectivity index (χ2n) is 5.77. The van der Waals surface area contributed by atoms with Gasteiger partial charge in [0.15, 0.2) is 0 Å². The Morgan fingerprint density at radius 1 is 0.688 bits per heavy atom. The molecule has 16 heavy (non-hydrogen) atoms. The van der Waals surface area contributed by atoms with E-state index in [2.05, 4.69) is 6.92 Å². The zero-order valence-electron chi connectivity index (χ0n) is 11.5. The maximum atomic E-state index is 2.30. The van der Waals surface area contributed by atoms with Crippen LogP contribution in [0, 0.1) is 5.92 Å². The van der Waals surface area contributed by atoms with E-state index in [0.717, 1.165) is 5.92 Å². The molecule has 0 bridgehead atoms. The molecule has 0 aliphatic heterocycles. The molecule has 0 N–H and O–H groups in total. The number of rotatable bonds is 6. The van der Waals surface area contributed by atoms with Gasteiger partial charge in [-0.15, -0.1) is 0 Å². The van der Waals surface area contributed by atoms with Crippen LogP contribution in [0.1, 0.15) is 96.8 Å². The average Bonchev–Trinajstić information content (AvgIpc) is 2.42. The van der Waals surface area contributed by atoms with Crippen LogP contribution >= 0.6 is 0 Å². The van der Waals surface area contributed by atoms with Gasteiger partial charge in [0.05, 0.1) is 0 Å². The van der Waals surface area contributed by atoms with E-state index in [-0.39, 0.29) is 0 Å². The molecule has 0 saturated heterocycles. The fourth-order valence-corrected chi connectivity index (χ4v) is 3.04. The molecule has 0 atom stereocenters. The Morgan fingerprint density at radius 2 is 1.25 bits per heavy atom. The number of hydrogen-bond acceptors (Lipinski definition) is 0. The zero-order valence-corrected chi connectivity index (χ0v) is 11.5. The van der Waals surface area contributed by atoms with Crippen molar-refractivity contribution >= 4 is 0 Å². The van der Waals surface area contributed by atoms with Gasteiger partial charge in [-0.1, -0.05) is 96.8 Å². The van der Waals surface area contributed by atoms with Crippen LogP contribution in [0.15, 0.2) is 0 Å². The molecular formula is C16H32. The van der Waals surface area contributed by atoms with Crippen molar-refractivity contribution in [3.05, 3.63) is 0 Å². The number of unbranched alkanes of at least 4 members (excludes halogenated alkanes) is 4. The van der Waals surface area contributed by atoms with Crippen LogP contribution in [0.5, 0.6) is 0 Å². The second kappa shape index (κ2) is 10.2. The normalized spacial score (nSPS) is 20.1. The third-order valence-electron chi connectivity index (χ3n) is 4.19. The monoisotopic (exact) mass is 224 g/mol. The fraction of sp³-hybridized carbons (Fsp3) is 1.00. The van der Waals surface area contributed by atoms with Crippen LogP contribution in [0.2, 0.25) is 0 Å². The Kier molecular flexibility index (Phi) is 8.94. The Morgan fingerprint density at radius 3 is 1.88 bits per heavy atom. The van der Waals surface area contributed by atoms with Crippen LogP contribution in [-0.2, 0) is 0 Å². The molecule has 0 unspecified atom stereocenters. The molecule has 1 fully saturated rings. The third kappa shape index (κ3) is 7.30. The summed E-state index contributed by atoms with van der Waals surface area (Å²) in [6, 6.07) is 0. The fourth-order valence-electron chi connectivity index (χ4n) is 3.04. The first-order valence-corrected chi connectivity index (χ1v) is 7.93. The van der Waals surface area contributed by atoms with Crippen LogP contribution in [0.3, 0.4) is 0 Å². The van der Waals surface area contributed by atoms with Crippen LogP contribution in [-0.4, -0.2) is 0 Å². The van der Waals surface area contributed by atoms with Crippen molar-refractivity contribution in [1.82, 2.24) is 0 Å². The lowest BCUT2D eigenvalue weighted by atomic mass is 9.91. The van der Waals surface area contributed by atoms with Crippen molar-refractivity contribution in [2.75, 3.05) is 0 Å². The van der Waals surface area contributed by atoms with E-state index in [1.165, 1.54) is 89.9 Å². The van der Waals surface area contributed by atoms with Gasteiger partial charge in [0, 0.05) is 0 Å². The van der Waals surface area contributed by atoms with Crippen molar-refractivity contribution in [3.8, 4) is 0 Å². The molecule has 1 aliphatic carbocycles.